The van der Waals surface area contributed by atoms with E-state index < -0.39 is 12.8 Å². The molecule has 29 heavy (non-hydrogen) atoms. The quantitative estimate of drug-likeness (QED) is 0.322. The summed E-state index contributed by atoms with van der Waals surface area (Å²) in [5.74, 6) is 0.612. The summed E-state index contributed by atoms with van der Waals surface area (Å²) in [6.07, 6.45) is -0.949. The molecule has 0 spiro atoms. The Morgan fingerprint density at radius 3 is 2.62 bits per heavy atom. The van der Waals surface area contributed by atoms with Gasteiger partial charge in [0.25, 0.3) is 0 Å². The van der Waals surface area contributed by atoms with E-state index in [2.05, 4.69) is 39.4 Å². The number of nitrogens with zero attached hydrogens (tertiary/aromatic N) is 3. The number of hydrogen-bond acceptors (Lipinski definition) is 4. The van der Waals surface area contributed by atoms with Gasteiger partial charge in [0.1, 0.15) is 0 Å². The van der Waals surface area contributed by atoms with Crippen LogP contribution in [0.4, 0.5) is 13.2 Å². The molecule has 1 aliphatic heterocycles. The molecule has 1 saturated heterocycles. The van der Waals surface area contributed by atoms with Gasteiger partial charge < -0.3 is 20.3 Å². The van der Waals surface area contributed by atoms with E-state index in [1.54, 1.807) is 12.1 Å². The molecule has 166 valence electrons. The first-order valence-corrected chi connectivity index (χ1v) is 9.71. The molecule has 10 heteroatoms. The van der Waals surface area contributed by atoms with Gasteiger partial charge in [0.2, 0.25) is 5.88 Å². The lowest BCUT2D eigenvalue weighted by atomic mass is 10.0. The predicted octanol–water partition coefficient (Wildman–Crippen LogP) is 3.57. The van der Waals surface area contributed by atoms with Gasteiger partial charge in [0.15, 0.2) is 12.6 Å². The molecule has 0 bridgehead atoms. The molecule has 1 fully saturated rings. The molecule has 0 unspecified atom stereocenters. The molecule has 0 aromatic carbocycles. The largest absolute Gasteiger partial charge is 0.468 e. The minimum Gasteiger partial charge on any atom is -0.468 e. The Hall–Kier alpha value is -1.30. The molecular weight excluding hydrogens is 498 g/mol. The highest BCUT2D eigenvalue weighted by Gasteiger charge is 2.29. The maximum atomic E-state index is 12.4. The van der Waals surface area contributed by atoms with Gasteiger partial charge in [-0.3, -0.25) is 0 Å². The number of halogens is 4. The van der Waals surface area contributed by atoms with Crippen LogP contribution < -0.4 is 15.4 Å². The Kier molecular flexibility index (Phi) is 11.0. The Bertz CT molecular complexity index is 635. The fourth-order valence-electron chi connectivity index (χ4n) is 3.06. The molecule has 1 aromatic heterocycles. The first-order chi connectivity index (χ1) is 13.3. The number of rotatable bonds is 7. The minimum atomic E-state index is -4.40. The Morgan fingerprint density at radius 2 is 2.03 bits per heavy atom. The zero-order chi connectivity index (χ0) is 20.6. The van der Waals surface area contributed by atoms with Crippen LogP contribution in [0, 0.1) is 0 Å². The summed E-state index contributed by atoms with van der Waals surface area (Å²) < 4.78 is 42.1. The second-order valence-corrected chi connectivity index (χ2v) is 7.12. The number of ether oxygens (including phenoxy) is 1. The summed E-state index contributed by atoms with van der Waals surface area (Å²) in [4.78, 5) is 10.9. The van der Waals surface area contributed by atoms with Gasteiger partial charge in [-0.2, -0.15) is 13.2 Å². The van der Waals surface area contributed by atoms with Crippen molar-refractivity contribution >= 4 is 29.9 Å². The summed E-state index contributed by atoms with van der Waals surface area (Å²) in [6, 6.07) is 4.20. The first kappa shape index (κ1) is 25.7. The van der Waals surface area contributed by atoms with E-state index in [-0.39, 0.29) is 36.4 Å². The molecule has 1 aliphatic rings. The van der Waals surface area contributed by atoms with E-state index in [9.17, 15) is 13.2 Å². The van der Waals surface area contributed by atoms with Gasteiger partial charge in [-0.25, -0.2) is 9.98 Å². The highest BCUT2D eigenvalue weighted by Crippen LogP contribution is 2.20. The SMILES string of the molecule is CCNC(=NCc1cccnc1OCC(F)(F)F)NC1CCN(C(C)C)CC1.I. The van der Waals surface area contributed by atoms with Crippen molar-refractivity contribution in [1.29, 1.82) is 0 Å². The smallest absolute Gasteiger partial charge is 0.422 e. The fraction of sp³-hybridized carbons (Fsp3) is 0.684. The van der Waals surface area contributed by atoms with Crippen molar-refractivity contribution in [3.8, 4) is 5.88 Å². The monoisotopic (exact) mass is 529 g/mol. The van der Waals surface area contributed by atoms with E-state index in [4.69, 9.17) is 4.74 Å². The molecule has 2 heterocycles. The Balaban J connectivity index is 0.00000420. The van der Waals surface area contributed by atoms with E-state index >= 15 is 0 Å². The Labute approximate surface area is 187 Å². The standard InChI is InChI=1S/C19H30F3N5O.HI/c1-4-23-18(26-16-7-10-27(11-8-16)14(2)3)25-12-15-6-5-9-24-17(15)28-13-19(20,21)22;/h5-6,9,14,16H,4,7-8,10-13H2,1-3H3,(H2,23,25,26);1H. The zero-order valence-corrected chi connectivity index (χ0v) is 19.5. The van der Waals surface area contributed by atoms with Crippen LogP contribution in [-0.2, 0) is 6.54 Å². The first-order valence-electron chi connectivity index (χ1n) is 9.71. The van der Waals surface area contributed by atoms with Crippen LogP contribution in [0.3, 0.4) is 0 Å². The average molecular weight is 529 g/mol. The van der Waals surface area contributed by atoms with Crippen LogP contribution in [0.1, 0.15) is 39.2 Å². The summed E-state index contributed by atoms with van der Waals surface area (Å²) in [5.41, 5.74) is 0.513. The van der Waals surface area contributed by atoms with E-state index in [0.29, 0.717) is 30.2 Å². The van der Waals surface area contributed by atoms with Crippen LogP contribution in [0.25, 0.3) is 0 Å². The molecule has 0 amide bonds. The molecule has 0 atom stereocenters. The number of pyridine rings is 1. The average Bonchev–Trinajstić information content (AvgIpc) is 2.65. The number of guanidine groups is 1. The van der Waals surface area contributed by atoms with Crippen molar-refractivity contribution in [2.75, 3.05) is 26.2 Å². The highest BCUT2D eigenvalue weighted by atomic mass is 127. The van der Waals surface area contributed by atoms with Crippen LogP contribution >= 0.6 is 24.0 Å². The molecular formula is C19H31F3IN5O. The molecule has 0 aliphatic carbocycles. The second-order valence-electron chi connectivity index (χ2n) is 7.12. The van der Waals surface area contributed by atoms with Crippen LogP contribution in [-0.4, -0.2) is 60.3 Å². The summed E-state index contributed by atoms with van der Waals surface area (Å²) in [6.45, 7) is 7.95. The summed E-state index contributed by atoms with van der Waals surface area (Å²) in [5, 5.41) is 6.63. The lowest BCUT2D eigenvalue weighted by Crippen LogP contribution is -2.49. The van der Waals surface area contributed by atoms with Crippen molar-refractivity contribution in [1.82, 2.24) is 20.5 Å². The second kappa shape index (κ2) is 12.4. The molecule has 6 nitrogen and oxygen atoms in total. The number of aromatic nitrogens is 1. The third kappa shape index (κ3) is 9.37. The van der Waals surface area contributed by atoms with Gasteiger partial charge in [-0.05, 0) is 39.7 Å². The van der Waals surface area contributed by atoms with Gasteiger partial charge in [-0.1, -0.05) is 6.07 Å². The van der Waals surface area contributed by atoms with Crippen LogP contribution in [0.5, 0.6) is 5.88 Å². The topological polar surface area (TPSA) is 61.8 Å². The van der Waals surface area contributed by atoms with Crippen molar-refractivity contribution in [3.05, 3.63) is 23.9 Å². The number of piperidine rings is 1. The van der Waals surface area contributed by atoms with Gasteiger partial charge in [0.05, 0.1) is 6.54 Å². The van der Waals surface area contributed by atoms with E-state index in [1.165, 1.54) is 6.20 Å². The third-order valence-corrected chi connectivity index (χ3v) is 4.57. The number of likely N-dealkylation sites (tertiary alicyclic amines) is 1. The van der Waals surface area contributed by atoms with Gasteiger partial charge >= 0.3 is 6.18 Å². The Morgan fingerprint density at radius 1 is 1.34 bits per heavy atom. The van der Waals surface area contributed by atoms with Crippen molar-refractivity contribution in [2.24, 2.45) is 4.99 Å². The van der Waals surface area contributed by atoms with Crippen LogP contribution in [0.2, 0.25) is 0 Å². The number of hydrogen-bond donors (Lipinski definition) is 2. The third-order valence-electron chi connectivity index (χ3n) is 4.57. The maximum absolute atomic E-state index is 12.4. The number of nitrogens with one attached hydrogen (secondary N) is 2. The van der Waals surface area contributed by atoms with E-state index in [0.717, 1.165) is 25.9 Å². The number of aliphatic imine (C=N–C) groups is 1. The maximum Gasteiger partial charge on any atom is 0.422 e. The fourth-order valence-corrected chi connectivity index (χ4v) is 3.06. The summed E-state index contributed by atoms with van der Waals surface area (Å²) >= 11 is 0. The molecule has 0 radical (unpaired) electrons. The predicted molar refractivity (Wildman–Crippen MR) is 119 cm³/mol. The number of alkyl halides is 3. The minimum absolute atomic E-state index is 0. The lowest BCUT2D eigenvalue weighted by Gasteiger charge is -2.35. The normalized spacial score (nSPS) is 16.4. The van der Waals surface area contributed by atoms with Crippen molar-refractivity contribution < 1.29 is 17.9 Å². The lowest BCUT2D eigenvalue weighted by molar-refractivity contribution is -0.154. The summed E-state index contributed by atoms with van der Waals surface area (Å²) in [7, 11) is 0. The molecule has 1 aromatic rings. The zero-order valence-electron chi connectivity index (χ0n) is 17.1. The molecule has 2 N–H and O–H groups in total. The van der Waals surface area contributed by atoms with Gasteiger partial charge in [-0.15, -0.1) is 24.0 Å². The molecule has 2 rings (SSSR count). The van der Waals surface area contributed by atoms with E-state index in [1.807, 2.05) is 6.92 Å². The van der Waals surface area contributed by atoms with Crippen molar-refractivity contribution in [3.63, 3.8) is 0 Å². The van der Waals surface area contributed by atoms with Crippen LogP contribution in [0.15, 0.2) is 23.3 Å². The van der Waals surface area contributed by atoms with Gasteiger partial charge in [0, 0.05) is 43.5 Å². The molecule has 0 saturated carbocycles. The highest BCUT2D eigenvalue weighted by molar-refractivity contribution is 14.0. The van der Waals surface area contributed by atoms with Crippen molar-refractivity contribution in [2.45, 2.75) is 58.4 Å².